The summed E-state index contributed by atoms with van der Waals surface area (Å²) in [6.45, 7) is 1.27. The Hall–Kier alpha value is -3.06. The van der Waals surface area contributed by atoms with Crippen molar-refractivity contribution >= 4 is 35.1 Å². The van der Waals surface area contributed by atoms with Crippen molar-refractivity contribution in [3.63, 3.8) is 0 Å². The molecule has 0 bridgehead atoms. The quantitative estimate of drug-likeness (QED) is 0.657. The molecule has 7 nitrogen and oxygen atoms in total. The number of carbonyl (C=O) groups excluding carboxylic acids is 3. The van der Waals surface area contributed by atoms with Crippen LogP contribution in [0.2, 0.25) is 5.02 Å². The average Bonchev–Trinajstić information content (AvgIpc) is 2.80. The first-order valence-corrected chi connectivity index (χ1v) is 10.5. The van der Waals surface area contributed by atoms with Gasteiger partial charge in [-0.2, -0.15) is 0 Å². The molecule has 31 heavy (non-hydrogen) atoms. The Morgan fingerprint density at radius 1 is 1.16 bits per heavy atom. The number of rotatable bonds is 7. The summed E-state index contributed by atoms with van der Waals surface area (Å²) in [7, 11) is 1.27. The van der Waals surface area contributed by atoms with Crippen LogP contribution in [0.5, 0.6) is 5.75 Å². The minimum atomic E-state index is -0.576. The van der Waals surface area contributed by atoms with Crippen LogP contribution in [0, 0.1) is 5.92 Å². The lowest BCUT2D eigenvalue weighted by Gasteiger charge is -2.32. The van der Waals surface area contributed by atoms with Gasteiger partial charge in [0.2, 0.25) is 11.8 Å². The van der Waals surface area contributed by atoms with Gasteiger partial charge < -0.3 is 19.7 Å². The van der Waals surface area contributed by atoms with Crippen LogP contribution < -0.4 is 10.1 Å². The SMILES string of the molecule is COC(=O)c1cc(NC(=O)C2CCCN(C(=O)CCOc3ccccc3)C2)ccc1Cl. The van der Waals surface area contributed by atoms with Gasteiger partial charge in [-0.1, -0.05) is 29.8 Å². The van der Waals surface area contributed by atoms with Crippen molar-refractivity contribution in [2.24, 2.45) is 5.92 Å². The fourth-order valence-electron chi connectivity index (χ4n) is 3.46. The van der Waals surface area contributed by atoms with Crippen LogP contribution in [0.25, 0.3) is 0 Å². The van der Waals surface area contributed by atoms with Crippen molar-refractivity contribution in [3.05, 3.63) is 59.1 Å². The second-order valence-electron chi connectivity index (χ2n) is 7.27. The van der Waals surface area contributed by atoms with E-state index in [0.717, 1.165) is 12.2 Å². The number of halogens is 1. The largest absolute Gasteiger partial charge is 0.493 e. The molecule has 2 aromatic carbocycles. The van der Waals surface area contributed by atoms with Crippen molar-refractivity contribution in [1.29, 1.82) is 0 Å². The number of hydrogen-bond donors (Lipinski definition) is 1. The molecule has 8 heteroatoms. The lowest BCUT2D eigenvalue weighted by molar-refractivity contribution is -0.135. The van der Waals surface area contributed by atoms with Crippen LogP contribution in [-0.4, -0.2) is 49.5 Å². The van der Waals surface area contributed by atoms with E-state index in [2.05, 4.69) is 5.32 Å². The number of carbonyl (C=O) groups is 3. The van der Waals surface area contributed by atoms with Gasteiger partial charge in [0.15, 0.2) is 0 Å². The molecule has 1 heterocycles. The molecule has 1 saturated heterocycles. The van der Waals surface area contributed by atoms with Crippen LogP contribution >= 0.6 is 11.6 Å². The van der Waals surface area contributed by atoms with Gasteiger partial charge in [0.1, 0.15) is 5.75 Å². The van der Waals surface area contributed by atoms with E-state index >= 15 is 0 Å². The van der Waals surface area contributed by atoms with Gasteiger partial charge in [-0.25, -0.2) is 4.79 Å². The molecule has 0 radical (unpaired) electrons. The zero-order valence-electron chi connectivity index (χ0n) is 17.3. The number of amides is 2. The summed E-state index contributed by atoms with van der Waals surface area (Å²) < 4.78 is 10.3. The van der Waals surface area contributed by atoms with E-state index < -0.39 is 5.97 Å². The van der Waals surface area contributed by atoms with Crippen LogP contribution in [-0.2, 0) is 14.3 Å². The van der Waals surface area contributed by atoms with Crippen LogP contribution in [0.15, 0.2) is 48.5 Å². The highest BCUT2D eigenvalue weighted by atomic mass is 35.5. The predicted molar refractivity (Wildman–Crippen MR) is 117 cm³/mol. The van der Waals surface area contributed by atoms with Crippen LogP contribution in [0.4, 0.5) is 5.69 Å². The van der Waals surface area contributed by atoms with Crippen molar-refractivity contribution in [1.82, 2.24) is 4.90 Å². The maximum absolute atomic E-state index is 12.7. The monoisotopic (exact) mass is 444 g/mol. The minimum Gasteiger partial charge on any atom is -0.493 e. The molecule has 1 fully saturated rings. The van der Waals surface area contributed by atoms with Crippen LogP contribution in [0.1, 0.15) is 29.6 Å². The van der Waals surface area contributed by atoms with Crippen molar-refractivity contribution in [2.75, 3.05) is 32.1 Å². The Morgan fingerprint density at radius 2 is 1.94 bits per heavy atom. The number of nitrogens with zero attached hydrogens (tertiary/aromatic N) is 1. The number of benzene rings is 2. The van der Waals surface area contributed by atoms with E-state index in [4.69, 9.17) is 21.1 Å². The highest BCUT2D eigenvalue weighted by Gasteiger charge is 2.28. The van der Waals surface area contributed by atoms with E-state index in [0.29, 0.717) is 25.2 Å². The Bertz CT molecular complexity index is 935. The summed E-state index contributed by atoms with van der Waals surface area (Å²) in [5, 5.41) is 3.06. The first-order chi connectivity index (χ1) is 15.0. The normalized spacial score (nSPS) is 15.8. The lowest BCUT2D eigenvalue weighted by atomic mass is 9.96. The Kier molecular flexibility index (Phi) is 7.89. The van der Waals surface area contributed by atoms with Crippen molar-refractivity contribution < 1.29 is 23.9 Å². The average molecular weight is 445 g/mol. The van der Waals surface area contributed by atoms with Gasteiger partial charge in [-0.05, 0) is 43.2 Å². The molecule has 1 unspecified atom stereocenters. The summed E-state index contributed by atoms with van der Waals surface area (Å²) in [6.07, 6.45) is 1.69. The zero-order chi connectivity index (χ0) is 22.2. The molecule has 1 N–H and O–H groups in total. The maximum atomic E-state index is 12.7. The molecule has 1 aliphatic heterocycles. The predicted octanol–water partition coefficient (Wildman–Crippen LogP) is 3.77. The summed E-state index contributed by atoms with van der Waals surface area (Å²) in [5.74, 6) is -0.414. The number of anilines is 1. The lowest BCUT2D eigenvalue weighted by Crippen LogP contribution is -2.44. The molecule has 1 atom stereocenters. The summed E-state index contributed by atoms with van der Waals surface area (Å²) in [5.41, 5.74) is 0.635. The smallest absolute Gasteiger partial charge is 0.339 e. The van der Waals surface area contributed by atoms with Gasteiger partial charge in [-0.15, -0.1) is 0 Å². The maximum Gasteiger partial charge on any atom is 0.339 e. The number of nitrogens with one attached hydrogen (secondary N) is 1. The van der Waals surface area contributed by atoms with Gasteiger partial charge in [0, 0.05) is 18.8 Å². The first-order valence-electron chi connectivity index (χ1n) is 10.1. The number of para-hydroxylation sites is 1. The highest BCUT2D eigenvalue weighted by molar-refractivity contribution is 6.33. The fraction of sp³-hybridized carbons (Fsp3) is 0.348. The number of esters is 1. The Morgan fingerprint density at radius 3 is 2.68 bits per heavy atom. The van der Waals surface area contributed by atoms with E-state index in [1.165, 1.54) is 19.2 Å². The first kappa shape index (κ1) is 22.6. The minimum absolute atomic E-state index is 0.0344. The summed E-state index contributed by atoms with van der Waals surface area (Å²) in [4.78, 5) is 38.8. The molecule has 164 valence electrons. The molecule has 2 aromatic rings. The van der Waals surface area contributed by atoms with E-state index in [1.54, 1.807) is 11.0 Å². The fourth-order valence-corrected chi connectivity index (χ4v) is 3.66. The van der Waals surface area contributed by atoms with Crippen LogP contribution in [0.3, 0.4) is 0 Å². The number of likely N-dealkylation sites (tertiary alicyclic amines) is 1. The number of methoxy groups -OCH3 is 1. The molecule has 2 amide bonds. The third-order valence-corrected chi connectivity index (χ3v) is 5.44. The van der Waals surface area contributed by atoms with Gasteiger partial charge in [0.25, 0.3) is 0 Å². The number of hydrogen-bond acceptors (Lipinski definition) is 5. The summed E-state index contributed by atoms with van der Waals surface area (Å²) in [6, 6.07) is 14.0. The van der Waals surface area contributed by atoms with E-state index in [1.807, 2.05) is 30.3 Å². The molecule has 0 saturated carbocycles. The molecule has 0 spiro atoms. The highest BCUT2D eigenvalue weighted by Crippen LogP contribution is 2.24. The molecule has 1 aliphatic rings. The molecule has 3 rings (SSSR count). The third-order valence-electron chi connectivity index (χ3n) is 5.11. The second-order valence-corrected chi connectivity index (χ2v) is 7.67. The second kappa shape index (κ2) is 10.8. The Balaban J connectivity index is 1.53. The number of piperidine rings is 1. The van der Waals surface area contributed by atoms with Gasteiger partial charge in [-0.3, -0.25) is 9.59 Å². The molecule has 0 aliphatic carbocycles. The van der Waals surface area contributed by atoms with Crippen molar-refractivity contribution in [2.45, 2.75) is 19.3 Å². The molecular formula is C23H25ClN2O5. The third kappa shape index (κ3) is 6.21. The summed E-state index contributed by atoms with van der Waals surface area (Å²) >= 11 is 6.02. The molecule has 0 aromatic heterocycles. The van der Waals surface area contributed by atoms with Crippen molar-refractivity contribution in [3.8, 4) is 5.75 Å². The Labute approximate surface area is 186 Å². The van der Waals surface area contributed by atoms with Gasteiger partial charge in [0.05, 0.1) is 36.6 Å². The molecular weight excluding hydrogens is 420 g/mol. The number of ether oxygens (including phenoxy) is 2. The zero-order valence-corrected chi connectivity index (χ0v) is 18.1. The van der Waals surface area contributed by atoms with Gasteiger partial charge >= 0.3 is 5.97 Å². The standard InChI is InChI=1S/C23H25ClN2O5/c1-30-23(29)19-14-17(9-10-20(19)24)25-22(28)16-6-5-12-26(15-16)21(27)11-13-31-18-7-3-2-4-8-18/h2-4,7-10,14,16H,5-6,11-13,15H2,1H3,(H,25,28). The topological polar surface area (TPSA) is 84.9 Å². The van der Waals surface area contributed by atoms with E-state index in [9.17, 15) is 14.4 Å². The van der Waals surface area contributed by atoms with E-state index in [-0.39, 0.29) is 41.3 Å².